The predicted molar refractivity (Wildman–Crippen MR) is 49.3 cm³/mol. The molecule has 0 saturated heterocycles. The van der Waals surface area contributed by atoms with Crippen molar-refractivity contribution >= 4 is 12.4 Å². The van der Waals surface area contributed by atoms with Crippen molar-refractivity contribution < 1.29 is 9.52 Å². The van der Waals surface area contributed by atoms with Gasteiger partial charge in [-0.05, 0) is 25.5 Å². The van der Waals surface area contributed by atoms with E-state index in [0.717, 1.165) is 11.5 Å². The van der Waals surface area contributed by atoms with E-state index in [9.17, 15) is 0 Å². The second-order valence-corrected chi connectivity index (χ2v) is 2.57. The second kappa shape index (κ2) is 5.19. The highest BCUT2D eigenvalue weighted by Crippen LogP contribution is 2.15. The number of hydrogen-bond acceptors (Lipinski definition) is 3. The van der Waals surface area contributed by atoms with Gasteiger partial charge in [0.2, 0.25) is 0 Å². The van der Waals surface area contributed by atoms with Crippen LogP contribution < -0.4 is 5.73 Å². The molecule has 3 N–H and O–H groups in total. The SMILES string of the molecule is Cc1ccc([C@@H](N)CCO)o1.Cl. The standard InChI is InChI=1S/C8H13NO2.ClH/c1-6-2-3-8(11-6)7(9)4-5-10;/h2-3,7,10H,4-5,9H2,1H3;1H/t7-;/m0./s1. The van der Waals surface area contributed by atoms with Gasteiger partial charge in [-0.15, -0.1) is 12.4 Å². The van der Waals surface area contributed by atoms with Crippen LogP contribution in [0.25, 0.3) is 0 Å². The zero-order valence-corrected chi connectivity index (χ0v) is 7.80. The second-order valence-electron chi connectivity index (χ2n) is 2.57. The van der Waals surface area contributed by atoms with Gasteiger partial charge in [0, 0.05) is 6.61 Å². The molecule has 0 radical (unpaired) electrons. The van der Waals surface area contributed by atoms with Crippen LogP contribution in [0.15, 0.2) is 16.5 Å². The van der Waals surface area contributed by atoms with Crippen molar-refractivity contribution in [1.29, 1.82) is 0 Å². The summed E-state index contributed by atoms with van der Waals surface area (Å²) in [6.45, 7) is 1.97. The maximum atomic E-state index is 8.58. The summed E-state index contributed by atoms with van der Waals surface area (Å²) in [6, 6.07) is 3.54. The molecule has 1 aromatic rings. The van der Waals surface area contributed by atoms with Crippen LogP contribution in [0.3, 0.4) is 0 Å². The average Bonchev–Trinajstić information content (AvgIpc) is 2.36. The maximum Gasteiger partial charge on any atom is 0.120 e. The molecular weight excluding hydrogens is 178 g/mol. The van der Waals surface area contributed by atoms with Gasteiger partial charge in [-0.1, -0.05) is 0 Å². The normalized spacial score (nSPS) is 12.2. The average molecular weight is 192 g/mol. The number of halogens is 1. The Hall–Kier alpha value is -0.510. The van der Waals surface area contributed by atoms with Crippen LogP contribution in [0.4, 0.5) is 0 Å². The molecule has 70 valence electrons. The fourth-order valence-electron chi connectivity index (χ4n) is 0.934. The van der Waals surface area contributed by atoms with Crippen molar-refractivity contribution in [3.05, 3.63) is 23.7 Å². The minimum absolute atomic E-state index is 0. The van der Waals surface area contributed by atoms with Crippen molar-refractivity contribution in [3.8, 4) is 0 Å². The third-order valence-corrected chi connectivity index (χ3v) is 1.57. The smallest absolute Gasteiger partial charge is 0.120 e. The first-order chi connectivity index (χ1) is 5.24. The van der Waals surface area contributed by atoms with Crippen LogP contribution in [0.1, 0.15) is 24.0 Å². The first kappa shape index (κ1) is 11.5. The molecule has 1 heterocycles. The molecule has 1 rings (SSSR count). The van der Waals surface area contributed by atoms with Crippen LogP contribution in [0, 0.1) is 6.92 Å². The lowest BCUT2D eigenvalue weighted by atomic mass is 10.2. The quantitative estimate of drug-likeness (QED) is 0.759. The van der Waals surface area contributed by atoms with Gasteiger partial charge in [-0.3, -0.25) is 0 Å². The Balaban J connectivity index is 0.00000121. The fraction of sp³-hybridized carbons (Fsp3) is 0.500. The number of hydrogen-bond donors (Lipinski definition) is 2. The van der Waals surface area contributed by atoms with Gasteiger partial charge in [-0.2, -0.15) is 0 Å². The summed E-state index contributed by atoms with van der Waals surface area (Å²) < 4.78 is 5.26. The van der Waals surface area contributed by atoms with Crippen LogP contribution in [-0.4, -0.2) is 11.7 Å². The van der Waals surface area contributed by atoms with E-state index in [-0.39, 0.29) is 25.1 Å². The molecule has 0 fully saturated rings. The fourth-order valence-corrected chi connectivity index (χ4v) is 0.934. The lowest BCUT2D eigenvalue weighted by molar-refractivity contribution is 0.268. The summed E-state index contributed by atoms with van der Waals surface area (Å²) in [5.74, 6) is 1.60. The molecule has 0 saturated carbocycles. The van der Waals surface area contributed by atoms with Crippen LogP contribution >= 0.6 is 12.4 Å². The molecule has 4 heteroatoms. The summed E-state index contributed by atoms with van der Waals surface area (Å²) >= 11 is 0. The highest BCUT2D eigenvalue weighted by molar-refractivity contribution is 5.85. The predicted octanol–water partition coefficient (Wildman–Crippen LogP) is 1.39. The maximum absolute atomic E-state index is 8.58. The zero-order valence-electron chi connectivity index (χ0n) is 6.99. The van der Waals surface area contributed by atoms with Crippen molar-refractivity contribution in [1.82, 2.24) is 0 Å². The van der Waals surface area contributed by atoms with E-state index in [1.807, 2.05) is 19.1 Å². The van der Waals surface area contributed by atoms with Gasteiger partial charge in [0.15, 0.2) is 0 Å². The molecule has 0 aromatic carbocycles. The van der Waals surface area contributed by atoms with Crippen molar-refractivity contribution in [2.45, 2.75) is 19.4 Å². The van der Waals surface area contributed by atoms with E-state index < -0.39 is 0 Å². The van der Waals surface area contributed by atoms with E-state index in [2.05, 4.69) is 0 Å². The van der Waals surface area contributed by atoms with Crippen LogP contribution in [0.2, 0.25) is 0 Å². The Labute approximate surface area is 78.0 Å². The first-order valence-electron chi connectivity index (χ1n) is 3.67. The number of aryl methyl sites for hydroxylation is 1. The van der Waals surface area contributed by atoms with Crippen LogP contribution in [0.5, 0.6) is 0 Å². The van der Waals surface area contributed by atoms with Crippen molar-refractivity contribution in [3.63, 3.8) is 0 Å². The van der Waals surface area contributed by atoms with Gasteiger partial charge in [0.05, 0.1) is 6.04 Å². The van der Waals surface area contributed by atoms with Gasteiger partial charge in [0.1, 0.15) is 11.5 Å². The molecular formula is C8H14ClNO2. The first-order valence-corrected chi connectivity index (χ1v) is 3.67. The number of aliphatic hydroxyl groups is 1. The van der Waals surface area contributed by atoms with E-state index >= 15 is 0 Å². The molecule has 0 unspecified atom stereocenters. The molecule has 0 aliphatic carbocycles. The Morgan fingerprint density at radius 3 is 2.67 bits per heavy atom. The monoisotopic (exact) mass is 191 g/mol. The summed E-state index contributed by atoms with van der Waals surface area (Å²) in [4.78, 5) is 0. The van der Waals surface area contributed by atoms with Gasteiger partial charge >= 0.3 is 0 Å². The highest BCUT2D eigenvalue weighted by atomic mass is 35.5. The Morgan fingerprint density at radius 1 is 1.58 bits per heavy atom. The van der Waals surface area contributed by atoms with Crippen molar-refractivity contribution in [2.24, 2.45) is 5.73 Å². The number of furan rings is 1. The molecule has 0 bridgehead atoms. The third kappa shape index (κ3) is 2.85. The van der Waals surface area contributed by atoms with Crippen LogP contribution in [-0.2, 0) is 0 Å². The summed E-state index contributed by atoms with van der Waals surface area (Å²) in [5, 5.41) is 8.58. The molecule has 3 nitrogen and oxygen atoms in total. The summed E-state index contributed by atoms with van der Waals surface area (Å²) in [6.07, 6.45) is 0.549. The van der Waals surface area contributed by atoms with E-state index in [1.165, 1.54) is 0 Å². The van der Waals surface area contributed by atoms with Gasteiger partial charge in [0.25, 0.3) is 0 Å². The molecule has 0 aliphatic heterocycles. The van der Waals surface area contributed by atoms with Crippen molar-refractivity contribution in [2.75, 3.05) is 6.61 Å². The lowest BCUT2D eigenvalue weighted by Crippen LogP contribution is -2.10. The topological polar surface area (TPSA) is 59.4 Å². The Morgan fingerprint density at radius 2 is 2.25 bits per heavy atom. The number of nitrogens with two attached hydrogens (primary N) is 1. The van der Waals surface area contributed by atoms with Gasteiger partial charge < -0.3 is 15.3 Å². The highest BCUT2D eigenvalue weighted by Gasteiger charge is 2.08. The van der Waals surface area contributed by atoms with E-state index in [1.54, 1.807) is 0 Å². The van der Waals surface area contributed by atoms with Gasteiger partial charge in [-0.25, -0.2) is 0 Å². The third-order valence-electron chi connectivity index (χ3n) is 1.57. The van der Waals surface area contributed by atoms with E-state index in [0.29, 0.717) is 6.42 Å². The van der Waals surface area contributed by atoms with E-state index in [4.69, 9.17) is 15.3 Å². The molecule has 12 heavy (non-hydrogen) atoms. The molecule has 1 aromatic heterocycles. The molecule has 0 spiro atoms. The Kier molecular flexibility index (Phi) is 4.97. The zero-order chi connectivity index (χ0) is 8.27. The molecule has 0 aliphatic rings. The molecule has 0 amide bonds. The lowest BCUT2D eigenvalue weighted by Gasteiger charge is -2.04. The summed E-state index contributed by atoms with van der Waals surface area (Å²) in [7, 11) is 0. The minimum Gasteiger partial charge on any atom is -0.465 e. The Bertz CT molecular complexity index is 225. The number of aliphatic hydroxyl groups excluding tert-OH is 1. The number of rotatable bonds is 3. The molecule has 1 atom stereocenters. The largest absolute Gasteiger partial charge is 0.465 e. The summed E-state index contributed by atoms with van der Waals surface area (Å²) in [5.41, 5.74) is 5.67. The minimum atomic E-state index is -0.173.